The third kappa shape index (κ3) is 4.14. The highest BCUT2D eigenvalue weighted by Crippen LogP contribution is 2.24. The van der Waals surface area contributed by atoms with E-state index < -0.39 is 9.84 Å². The van der Waals surface area contributed by atoms with Gasteiger partial charge in [0.05, 0.1) is 30.4 Å². The van der Waals surface area contributed by atoms with Gasteiger partial charge in [-0.15, -0.1) is 6.58 Å². The third-order valence-electron chi connectivity index (χ3n) is 5.89. The van der Waals surface area contributed by atoms with Crippen molar-refractivity contribution in [2.75, 3.05) is 44.4 Å². The first-order valence-corrected chi connectivity index (χ1v) is 12.1. The predicted octanol–water partition coefficient (Wildman–Crippen LogP) is 1.29. The molecule has 2 aromatic rings. The van der Waals surface area contributed by atoms with Crippen molar-refractivity contribution in [1.82, 2.24) is 19.2 Å². The fraction of sp³-hybridized carbons (Fsp3) is 0.524. The van der Waals surface area contributed by atoms with Gasteiger partial charge in [0.1, 0.15) is 5.65 Å². The molecule has 9 heteroatoms. The van der Waals surface area contributed by atoms with Crippen molar-refractivity contribution in [1.29, 1.82) is 0 Å². The molecule has 2 aromatic heterocycles. The van der Waals surface area contributed by atoms with Crippen LogP contribution in [0, 0.1) is 6.92 Å². The van der Waals surface area contributed by atoms with E-state index in [1.165, 1.54) is 0 Å². The van der Waals surface area contributed by atoms with Crippen LogP contribution in [0.25, 0.3) is 5.65 Å². The molecule has 2 aliphatic rings. The van der Waals surface area contributed by atoms with Gasteiger partial charge in [-0.2, -0.15) is 0 Å². The molecule has 0 radical (unpaired) electrons. The summed E-state index contributed by atoms with van der Waals surface area (Å²) in [6, 6.07) is 3.82. The number of sulfone groups is 1. The zero-order valence-electron chi connectivity index (χ0n) is 17.3. The van der Waals surface area contributed by atoms with Crippen LogP contribution in [0.5, 0.6) is 0 Å². The number of carbonyl (C=O) groups excluding carboxylic acids is 1. The first-order chi connectivity index (χ1) is 14.4. The highest BCUT2D eigenvalue weighted by molar-refractivity contribution is 7.91. The maximum Gasteiger partial charge on any atom is 0.274 e. The molecule has 0 aromatic carbocycles. The lowest BCUT2D eigenvalue weighted by Crippen LogP contribution is -2.42. The topological polar surface area (TPSA) is 84.2 Å². The van der Waals surface area contributed by atoms with E-state index in [0.29, 0.717) is 51.5 Å². The molecule has 0 spiro atoms. The second-order valence-electron chi connectivity index (χ2n) is 7.97. The number of aromatic nitrogens is 2. The highest BCUT2D eigenvalue weighted by atomic mass is 32.2. The van der Waals surface area contributed by atoms with Crippen LogP contribution < -0.4 is 0 Å². The lowest BCUT2D eigenvalue weighted by atomic mass is 10.2. The van der Waals surface area contributed by atoms with Crippen molar-refractivity contribution in [3.8, 4) is 0 Å². The fourth-order valence-corrected chi connectivity index (χ4v) is 6.02. The van der Waals surface area contributed by atoms with E-state index in [9.17, 15) is 13.2 Å². The molecule has 4 rings (SSSR count). The van der Waals surface area contributed by atoms with Crippen LogP contribution in [0.1, 0.15) is 28.2 Å². The minimum atomic E-state index is -3.02. The van der Waals surface area contributed by atoms with Crippen LogP contribution >= 0.6 is 0 Å². The van der Waals surface area contributed by atoms with E-state index >= 15 is 0 Å². The highest BCUT2D eigenvalue weighted by Gasteiger charge is 2.34. The smallest absolute Gasteiger partial charge is 0.274 e. The molecule has 0 saturated carbocycles. The van der Waals surface area contributed by atoms with Crippen LogP contribution in [0.2, 0.25) is 0 Å². The maximum absolute atomic E-state index is 13.3. The number of fused-ring (bicyclic) bond motifs is 1. The Kier molecular flexibility index (Phi) is 5.95. The molecule has 2 fully saturated rings. The largest absolute Gasteiger partial charge is 0.378 e. The van der Waals surface area contributed by atoms with Crippen LogP contribution in [-0.4, -0.2) is 83.9 Å². The van der Waals surface area contributed by atoms with Crippen LogP contribution in [0.4, 0.5) is 0 Å². The van der Waals surface area contributed by atoms with Gasteiger partial charge in [0.2, 0.25) is 0 Å². The number of nitrogens with zero attached hydrogens (tertiary/aromatic N) is 4. The van der Waals surface area contributed by atoms with Gasteiger partial charge in [-0.25, -0.2) is 13.4 Å². The van der Waals surface area contributed by atoms with E-state index in [2.05, 4.69) is 11.5 Å². The quantitative estimate of drug-likeness (QED) is 0.640. The first kappa shape index (κ1) is 21.0. The molecule has 0 aliphatic carbocycles. The molecule has 0 bridgehead atoms. The van der Waals surface area contributed by atoms with Gasteiger partial charge in [0, 0.05) is 38.4 Å². The SMILES string of the molecule is C=CCN(Cc1c(C(=O)N2CCOCC2)nc2c(C)cccn12)[C@@H]1CCS(=O)(=O)C1. The molecule has 0 unspecified atom stereocenters. The summed E-state index contributed by atoms with van der Waals surface area (Å²) in [6.07, 6.45) is 4.29. The van der Waals surface area contributed by atoms with Gasteiger partial charge in [0.15, 0.2) is 15.5 Å². The van der Waals surface area contributed by atoms with Gasteiger partial charge in [-0.3, -0.25) is 9.69 Å². The van der Waals surface area contributed by atoms with E-state index in [0.717, 1.165) is 16.9 Å². The number of morpholine rings is 1. The third-order valence-corrected chi connectivity index (χ3v) is 7.64. The van der Waals surface area contributed by atoms with Crippen molar-refractivity contribution < 1.29 is 17.9 Å². The summed E-state index contributed by atoms with van der Waals surface area (Å²) in [7, 11) is -3.02. The summed E-state index contributed by atoms with van der Waals surface area (Å²) in [6.45, 7) is 8.93. The van der Waals surface area contributed by atoms with Crippen molar-refractivity contribution in [2.24, 2.45) is 0 Å². The standard InChI is InChI=1S/C21H28N4O4S/c1-3-7-24(17-6-13-30(27,28)15-17)14-18-19(21(26)23-9-11-29-12-10-23)22-20-16(2)5-4-8-25(18)20/h3-5,8,17H,1,6-7,9-15H2,2H3/t17-/m1/s1. The summed E-state index contributed by atoms with van der Waals surface area (Å²) < 4.78 is 31.4. The molecule has 30 heavy (non-hydrogen) atoms. The molecular weight excluding hydrogens is 404 g/mol. The van der Waals surface area contributed by atoms with E-state index in [4.69, 9.17) is 9.72 Å². The number of pyridine rings is 1. The Hall–Kier alpha value is -2.23. The summed E-state index contributed by atoms with van der Waals surface area (Å²) in [5.41, 5.74) is 2.96. The molecule has 2 saturated heterocycles. The van der Waals surface area contributed by atoms with Gasteiger partial charge >= 0.3 is 0 Å². The number of imidazole rings is 1. The van der Waals surface area contributed by atoms with Crippen molar-refractivity contribution in [3.05, 3.63) is 47.9 Å². The average molecular weight is 433 g/mol. The number of aryl methyl sites for hydroxylation is 1. The summed E-state index contributed by atoms with van der Waals surface area (Å²) in [5.74, 6) is 0.245. The summed E-state index contributed by atoms with van der Waals surface area (Å²) >= 11 is 0. The minimum Gasteiger partial charge on any atom is -0.378 e. The Bertz CT molecular complexity index is 1060. The number of carbonyl (C=O) groups is 1. The molecule has 1 atom stereocenters. The Morgan fingerprint density at radius 1 is 1.40 bits per heavy atom. The van der Waals surface area contributed by atoms with Gasteiger partial charge in [-0.1, -0.05) is 12.1 Å². The molecule has 2 aliphatic heterocycles. The number of hydrogen-bond donors (Lipinski definition) is 0. The second-order valence-corrected chi connectivity index (χ2v) is 10.2. The van der Waals surface area contributed by atoms with Gasteiger partial charge in [0.25, 0.3) is 5.91 Å². The molecule has 4 heterocycles. The van der Waals surface area contributed by atoms with E-state index in [1.54, 1.807) is 11.0 Å². The Morgan fingerprint density at radius 2 is 2.17 bits per heavy atom. The molecule has 8 nitrogen and oxygen atoms in total. The summed E-state index contributed by atoms with van der Waals surface area (Å²) in [4.78, 5) is 21.9. The van der Waals surface area contributed by atoms with E-state index in [1.807, 2.05) is 29.7 Å². The zero-order valence-corrected chi connectivity index (χ0v) is 18.1. The second kappa shape index (κ2) is 8.49. The molecule has 0 N–H and O–H groups in total. The van der Waals surface area contributed by atoms with Crippen LogP contribution in [0.15, 0.2) is 31.0 Å². The van der Waals surface area contributed by atoms with Gasteiger partial charge < -0.3 is 14.0 Å². The Morgan fingerprint density at radius 3 is 2.83 bits per heavy atom. The fourth-order valence-electron chi connectivity index (χ4n) is 4.26. The molecule has 162 valence electrons. The van der Waals surface area contributed by atoms with Crippen molar-refractivity contribution >= 4 is 21.4 Å². The Balaban J connectivity index is 1.73. The average Bonchev–Trinajstić information content (AvgIpc) is 3.29. The zero-order chi connectivity index (χ0) is 21.3. The predicted molar refractivity (Wildman–Crippen MR) is 114 cm³/mol. The van der Waals surface area contributed by atoms with Crippen LogP contribution in [-0.2, 0) is 21.1 Å². The number of amides is 1. The monoisotopic (exact) mass is 432 g/mol. The van der Waals surface area contributed by atoms with Crippen LogP contribution in [0.3, 0.4) is 0 Å². The minimum absolute atomic E-state index is 0.0882. The molecule has 1 amide bonds. The normalized spacial score (nSPS) is 21.4. The number of ether oxygens (including phenoxy) is 1. The maximum atomic E-state index is 13.3. The van der Waals surface area contributed by atoms with Crippen molar-refractivity contribution in [2.45, 2.75) is 25.9 Å². The van der Waals surface area contributed by atoms with Gasteiger partial charge in [-0.05, 0) is 25.0 Å². The molecular formula is C21H28N4O4S. The number of hydrogen-bond acceptors (Lipinski definition) is 6. The Labute approximate surface area is 177 Å². The lowest BCUT2D eigenvalue weighted by Gasteiger charge is -2.28. The van der Waals surface area contributed by atoms with Crippen molar-refractivity contribution in [3.63, 3.8) is 0 Å². The lowest BCUT2D eigenvalue weighted by molar-refractivity contribution is 0.0297. The van der Waals surface area contributed by atoms with E-state index in [-0.39, 0.29) is 23.5 Å². The summed E-state index contributed by atoms with van der Waals surface area (Å²) in [5, 5.41) is 0. The first-order valence-electron chi connectivity index (χ1n) is 10.3. The number of rotatable bonds is 6.